The zero-order chi connectivity index (χ0) is 20.2. The highest BCUT2D eigenvalue weighted by Gasteiger charge is 2.52. The van der Waals surface area contributed by atoms with Crippen molar-refractivity contribution in [3.63, 3.8) is 0 Å². The highest BCUT2D eigenvalue weighted by atomic mass is 32.2. The van der Waals surface area contributed by atoms with Gasteiger partial charge in [0.05, 0.1) is 28.8 Å². The lowest BCUT2D eigenvalue weighted by Gasteiger charge is -2.30. The van der Waals surface area contributed by atoms with Gasteiger partial charge >= 0.3 is 0 Å². The lowest BCUT2D eigenvalue weighted by atomic mass is 10.2. The summed E-state index contributed by atoms with van der Waals surface area (Å²) in [6, 6.07) is 6.67. The number of aromatic nitrogens is 4. The Morgan fingerprint density at radius 2 is 2.17 bits per heavy atom. The van der Waals surface area contributed by atoms with Gasteiger partial charge in [-0.15, -0.1) is 11.8 Å². The Balaban J connectivity index is 1.49. The molecule has 0 aliphatic carbocycles. The SMILES string of the molecule is CC12CCC(=O)N1C(C(=O)Nc1ccccc1-n1ncc3c(=O)[nH]cnc31)CS2. The summed E-state index contributed by atoms with van der Waals surface area (Å²) < 4.78 is 1.52. The van der Waals surface area contributed by atoms with E-state index in [9.17, 15) is 14.4 Å². The molecule has 5 rings (SSSR count). The molecular weight excluding hydrogens is 392 g/mol. The number of hydrogen-bond donors (Lipinski definition) is 2. The number of aromatic amines is 1. The van der Waals surface area contributed by atoms with E-state index < -0.39 is 6.04 Å². The summed E-state index contributed by atoms with van der Waals surface area (Å²) in [5.41, 5.74) is 1.25. The molecule has 1 aromatic carbocycles. The van der Waals surface area contributed by atoms with E-state index in [1.807, 2.05) is 13.0 Å². The zero-order valence-electron chi connectivity index (χ0n) is 15.6. The third-order valence-electron chi connectivity index (χ3n) is 5.51. The van der Waals surface area contributed by atoms with Crippen LogP contribution in [0.15, 0.2) is 41.6 Å². The van der Waals surface area contributed by atoms with Crippen LogP contribution < -0.4 is 10.9 Å². The molecule has 2 N–H and O–H groups in total. The zero-order valence-corrected chi connectivity index (χ0v) is 16.4. The number of rotatable bonds is 3. The second kappa shape index (κ2) is 6.45. The van der Waals surface area contributed by atoms with Gasteiger partial charge in [-0.1, -0.05) is 12.1 Å². The Morgan fingerprint density at radius 1 is 1.34 bits per heavy atom. The van der Waals surface area contributed by atoms with Crippen molar-refractivity contribution < 1.29 is 9.59 Å². The van der Waals surface area contributed by atoms with E-state index >= 15 is 0 Å². The lowest BCUT2D eigenvalue weighted by molar-refractivity contribution is -0.135. The van der Waals surface area contributed by atoms with Crippen LogP contribution in [0, 0.1) is 0 Å². The van der Waals surface area contributed by atoms with Gasteiger partial charge in [0, 0.05) is 12.2 Å². The van der Waals surface area contributed by atoms with Crippen LogP contribution in [0.1, 0.15) is 19.8 Å². The molecule has 2 fully saturated rings. The fourth-order valence-electron chi connectivity index (χ4n) is 4.03. The van der Waals surface area contributed by atoms with Crippen molar-refractivity contribution in [2.45, 2.75) is 30.7 Å². The molecular formula is C19H18N6O3S. The smallest absolute Gasteiger partial charge is 0.261 e. The van der Waals surface area contributed by atoms with E-state index in [4.69, 9.17) is 0 Å². The normalized spacial score (nSPS) is 23.6. The van der Waals surface area contributed by atoms with E-state index in [0.717, 1.165) is 6.42 Å². The summed E-state index contributed by atoms with van der Waals surface area (Å²) in [6.07, 6.45) is 4.00. The minimum atomic E-state index is -0.511. The molecule has 4 heterocycles. The summed E-state index contributed by atoms with van der Waals surface area (Å²) in [7, 11) is 0. The number of hydrogen-bond acceptors (Lipinski definition) is 6. The van der Waals surface area contributed by atoms with Crippen LogP contribution in [0.5, 0.6) is 0 Å². The maximum atomic E-state index is 13.1. The fraction of sp³-hybridized carbons (Fsp3) is 0.316. The summed E-state index contributed by atoms with van der Waals surface area (Å²) >= 11 is 1.65. The number of fused-ring (bicyclic) bond motifs is 2. The van der Waals surface area contributed by atoms with Gasteiger partial charge in [0.1, 0.15) is 11.4 Å². The number of anilines is 1. The number of amides is 2. The van der Waals surface area contributed by atoms with Crippen molar-refractivity contribution in [1.82, 2.24) is 24.6 Å². The second-order valence-electron chi connectivity index (χ2n) is 7.30. The first-order valence-corrected chi connectivity index (χ1v) is 10.2. The van der Waals surface area contributed by atoms with Gasteiger partial charge in [-0.3, -0.25) is 14.4 Å². The van der Waals surface area contributed by atoms with Crippen LogP contribution in [-0.4, -0.2) is 53.1 Å². The largest absolute Gasteiger partial charge is 0.322 e. The van der Waals surface area contributed by atoms with Gasteiger partial charge in [0.2, 0.25) is 11.8 Å². The van der Waals surface area contributed by atoms with Crippen molar-refractivity contribution in [1.29, 1.82) is 0 Å². The number of para-hydroxylation sites is 2. The van der Waals surface area contributed by atoms with Crippen molar-refractivity contribution in [2.75, 3.05) is 11.1 Å². The Labute approximate surface area is 169 Å². The third-order valence-corrected chi connectivity index (χ3v) is 7.01. The first kappa shape index (κ1) is 17.9. The third kappa shape index (κ3) is 2.74. The van der Waals surface area contributed by atoms with E-state index in [1.54, 1.807) is 34.9 Å². The maximum absolute atomic E-state index is 13.1. The Bertz CT molecular complexity index is 1200. The molecule has 3 aromatic rings. The van der Waals surface area contributed by atoms with Gasteiger partial charge in [0.25, 0.3) is 5.56 Å². The average Bonchev–Trinajstić information content (AvgIpc) is 3.36. The van der Waals surface area contributed by atoms with Crippen molar-refractivity contribution in [2.24, 2.45) is 0 Å². The number of nitrogens with one attached hydrogen (secondary N) is 2. The molecule has 0 spiro atoms. The maximum Gasteiger partial charge on any atom is 0.261 e. The molecule has 2 atom stereocenters. The van der Waals surface area contributed by atoms with Crippen LogP contribution >= 0.6 is 11.8 Å². The summed E-state index contributed by atoms with van der Waals surface area (Å²) in [5, 5.41) is 7.59. The summed E-state index contributed by atoms with van der Waals surface area (Å²) in [5.74, 6) is 0.358. The van der Waals surface area contributed by atoms with Gasteiger partial charge in [-0.2, -0.15) is 5.10 Å². The molecule has 29 heavy (non-hydrogen) atoms. The van der Waals surface area contributed by atoms with E-state index in [0.29, 0.717) is 34.6 Å². The molecule has 2 aliphatic heterocycles. The minimum absolute atomic E-state index is 0.0208. The molecule has 0 saturated carbocycles. The van der Waals surface area contributed by atoms with Crippen LogP contribution in [0.4, 0.5) is 5.69 Å². The highest BCUT2D eigenvalue weighted by molar-refractivity contribution is 8.01. The Kier molecular flexibility index (Phi) is 3.98. The molecule has 10 heteroatoms. The van der Waals surface area contributed by atoms with Crippen LogP contribution in [-0.2, 0) is 9.59 Å². The minimum Gasteiger partial charge on any atom is -0.322 e. The number of carbonyl (C=O) groups is 2. The molecule has 2 amide bonds. The molecule has 0 bridgehead atoms. The fourth-order valence-corrected chi connectivity index (χ4v) is 5.46. The van der Waals surface area contributed by atoms with Gasteiger partial charge < -0.3 is 15.2 Å². The summed E-state index contributed by atoms with van der Waals surface area (Å²) in [4.78, 5) is 45.5. The topological polar surface area (TPSA) is 113 Å². The number of benzene rings is 1. The van der Waals surface area contributed by atoms with Crippen LogP contribution in [0.2, 0.25) is 0 Å². The highest BCUT2D eigenvalue weighted by Crippen LogP contribution is 2.47. The predicted octanol–water partition coefficient (Wildman–Crippen LogP) is 1.50. The van der Waals surface area contributed by atoms with Crippen molar-refractivity contribution in [3.8, 4) is 5.69 Å². The standard InChI is InChI=1S/C19H18N6O3S/c1-19-7-6-15(26)24(19)14(9-29-19)18(28)23-12-4-2-3-5-13(12)25-16-11(8-22-25)17(27)21-10-20-16/h2-5,8,10,14H,6-7,9H2,1H3,(H,23,28)(H,20,21,27). The van der Waals surface area contributed by atoms with E-state index in [2.05, 4.69) is 20.4 Å². The first-order valence-electron chi connectivity index (χ1n) is 9.26. The number of H-pyrrole nitrogens is 1. The van der Waals surface area contributed by atoms with Gasteiger partial charge in [-0.25, -0.2) is 9.67 Å². The Morgan fingerprint density at radius 3 is 3.03 bits per heavy atom. The van der Waals surface area contributed by atoms with Crippen molar-refractivity contribution >= 4 is 40.3 Å². The lowest BCUT2D eigenvalue weighted by Crippen LogP contribution is -2.48. The van der Waals surface area contributed by atoms with Gasteiger partial charge in [-0.05, 0) is 25.5 Å². The number of nitrogens with zero attached hydrogens (tertiary/aromatic N) is 4. The second-order valence-corrected chi connectivity index (χ2v) is 8.80. The quantitative estimate of drug-likeness (QED) is 0.677. The van der Waals surface area contributed by atoms with Crippen molar-refractivity contribution in [3.05, 3.63) is 47.1 Å². The predicted molar refractivity (Wildman–Crippen MR) is 109 cm³/mol. The molecule has 2 aromatic heterocycles. The van der Waals surface area contributed by atoms with E-state index in [1.165, 1.54) is 17.2 Å². The molecule has 2 saturated heterocycles. The van der Waals surface area contributed by atoms with E-state index in [-0.39, 0.29) is 22.2 Å². The Hall–Kier alpha value is -3.14. The molecule has 9 nitrogen and oxygen atoms in total. The average molecular weight is 410 g/mol. The molecule has 148 valence electrons. The summed E-state index contributed by atoms with van der Waals surface area (Å²) in [6.45, 7) is 2.02. The number of thioether (sulfide) groups is 1. The molecule has 0 radical (unpaired) electrons. The first-order chi connectivity index (χ1) is 14.0. The van der Waals surface area contributed by atoms with Crippen LogP contribution in [0.3, 0.4) is 0 Å². The monoisotopic (exact) mass is 410 g/mol. The number of carbonyl (C=O) groups excluding carboxylic acids is 2. The molecule has 2 aliphatic rings. The van der Waals surface area contributed by atoms with Gasteiger partial charge in [0.15, 0.2) is 5.65 Å². The molecule has 2 unspecified atom stereocenters. The van der Waals surface area contributed by atoms with Crippen LogP contribution in [0.25, 0.3) is 16.7 Å².